The second-order valence-corrected chi connectivity index (χ2v) is 2.39. The van der Waals surface area contributed by atoms with E-state index >= 15 is 0 Å². The Kier molecular flexibility index (Phi) is 3.01. The SMILES string of the molecule is NN([C]=S)Cc1ccccc1. The van der Waals surface area contributed by atoms with Crippen molar-refractivity contribution in [3.8, 4) is 0 Å². The summed E-state index contributed by atoms with van der Waals surface area (Å²) < 4.78 is 0. The van der Waals surface area contributed by atoms with Gasteiger partial charge >= 0.3 is 0 Å². The minimum atomic E-state index is 0.615. The van der Waals surface area contributed by atoms with Gasteiger partial charge in [0.15, 0.2) is 5.49 Å². The molecular formula is C8H9N2S. The predicted octanol–water partition coefficient (Wildman–Crippen LogP) is 1.20. The predicted molar refractivity (Wildman–Crippen MR) is 48.8 cm³/mol. The summed E-state index contributed by atoms with van der Waals surface area (Å²) in [7, 11) is 0. The standard InChI is InChI=1S/C8H9N2S/c9-10(7-11)6-8-4-2-1-3-5-8/h1-5H,6,9H2. The molecule has 1 aromatic rings. The molecule has 2 nitrogen and oxygen atoms in total. The molecule has 0 aliphatic carbocycles. The average molecular weight is 165 g/mol. The summed E-state index contributed by atoms with van der Waals surface area (Å²) in [6.07, 6.45) is 0. The summed E-state index contributed by atoms with van der Waals surface area (Å²) in [4.78, 5) is 0. The molecule has 0 bridgehead atoms. The van der Waals surface area contributed by atoms with Gasteiger partial charge in [-0.1, -0.05) is 42.5 Å². The minimum Gasteiger partial charge on any atom is -0.294 e. The van der Waals surface area contributed by atoms with Crippen LogP contribution in [0.4, 0.5) is 0 Å². The number of hydrazine groups is 1. The third-order valence-corrected chi connectivity index (χ3v) is 1.55. The first-order chi connectivity index (χ1) is 5.33. The van der Waals surface area contributed by atoms with Crippen LogP contribution in [-0.2, 0) is 6.54 Å². The van der Waals surface area contributed by atoms with E-state index in [1.165, 1.54) is 5.01 Å². The Morgan fingerprint density at radius 3 is 2.55 bits per heavy atom. The highest BCUT2D eigenvalue weighted by atomic mass is 32.1. The van der Waals surface area contributed by atoms with Gasteiger partial charge in [0.1, 0.15) is 0 Å². The fraction of sp³-hybridized carbons (Fsp3) is 0.125. The van der Waals surface area contributed by atoms with Gasteiger partial charge in [-0.25, -0.2) is 5.84 Å². The molecule has 0 atom stereocenters. The van der Waals surface area contributed by atoms with Crippen LogP contribution in [-0.4, -0.2) is 10.5 Å². The molecule has 0 unspecified atom stereocenters. The maximum absolute atomic E-state index is 5.42. The number of nitrogens with zero attached hydrogens (tertiary/aromatic N) is 1. The van der Waals surface area contributed by atoms with E-state index in [1.54, 1.807) is 0 Å². The Labute approximate surface area is 71.6 Å². The smallest absolute Gasteiger partial charge is 0.152 e. The van der Waals surface area contributed by atoms with Gasteiger partial charge in [0.25, 0.3) is 0 Å². The van der Waals surface area contributed by atoms with Gasteiger partial charge in [-0.2, -0.15) is 0 Å². The number of nitrogens with two attached hydrogens (primary N) is 1. The summed E-state index contributed by atoms with van der Waals surface area (Å²) in [6.45, 7) is 0.615. The molecule has 11 heavy (non-hydrogen) atoms. The maximum atomic E-state index is 5.42. The number of rotatable bonds is 3. The van der Waals surface area contributed by atoms with Crippen LogP contribution in [0.1, 0.15) is 5.56 Å². The molecular weight excluding hydrogens is 156 g/mol. The monoisotopic (exact) mass is 165 g/mol. The summed E-state index contributed by atoms with van der Waals surface area (Å²) in [5, 5.41) is 1.35. The van der Waals surface area contributed by atoms with Crippen LogP contribution >= 0.6 is 12.2 Å². The molecule has 0 saturated carbocycles. The first-order valence-corrected chi connectivity index (χ1v) is 3.67. The molecule has 1 rings (SSSR count). The van der Waals surface area contributed by atoms with E-state index in [0.29, 0.717) is 6.54 Å². The molecule has 0 amide bonds. The molecule has 57 valence electrons. The van der Waals surface area contributed by atoms with Crippen molar-refractivity contribution >= 4 is 17.7 Å². The van der Waals surface area contributed by atoms with E-state index < -0.39 is 0 Å². The van der Waals surface area contributed by atoms with E-state index in [1.807, 2.05) is 30.3 Å². The molecule has 0 aliphatic heterocycles. The van der Waals surface area contributed by atoms with Gasteiger partial charge in [-0.05, 0) is 5.56 Å². The first kappa shape index (κ1) is 8.17. The summed E-state index contributed by atoms with van der Waals surface area (Å²) >= 11 is 4.52. The van der Waals surface area contributed by atoms with Gasteiger partial charge in [0, 0.05) is 0 Å². The third kappa shape index (κ3) is 2.65. The average Bonchev–Trinajstić information content (AvgIpc) is 2.06. The van der Waals surface area contributed by atoms with Crippen molar-refractivity contribution in [1.29, 1.82) is 0 Å². The van der Waals surface area contributed by atoms with E-state index in [0.717, 1.165) is 5.56 Å². The molecule has 0 saturated heterocycles. The fourth-order valence-electron chi connectivity index (χ4n) is 0.812. The molecule has 0 aliphatic rings. The Morgan fingerprint density at radius 1 is 1.36 bits per heavy atom. The summed E-state index contributed by atoms with van der Waals surface area (Å²) in [6, 6.07) is 9.88. The molecule has 3 heteroatoms. The van der Waals surface area contributed by atoms with Crippen molar-refractivity contribution in [1.82, 2.24) is 5.01 Å². The lowest BCUT2D eigenvalue weighted by Gasteiger charge is -2.09. The van der Waals surface area contributed by atoms with Gasteiger partial charge in [0.2, 0.25) is 0 Å². The molecule has 0 spiro atoms. The third-order valence-electron chi connectivity index (χ3n) is 1.31. The molecule has 1 aromatic carbocycles. The molecule has 1 radical (unpaired) electrons. The van der Waals surface area contributed by atoms with Crippen molar-refractivity contribution in [2.24, 2.45) is 5.84 Å². The van der Waals surface area contributed by atoms with Crippen LogP contribution < -0.4 is 5.84 Å². The highest BCUT2D eigenvalue weighted by molar-refractivity contribution is 7.78. The number of benzene rings is 1. The minimum absolute atomic E-state index is 0.615. The van der Waals surface area contributed by atoms with Crippen molar-refractivity contribution in [2.45, 2.75) is 6.54 Å². The van der Waals surface area contributed by atoms with Gasteiger partial charge in [-0.15, -0.1) is 0 Å². The zero-order valence-electron chi connectivity index (χ0n) is 6.03. The summed E-state index contributed by atoms with van der Waals surface area (Å²) in [5.74, 6) is 5.42. The second-order valence-electron chi connectivity index (χ2n) is 2.20. The number of thiocarbonyl (C=S) groups is 1. The molecule has 0 fully saturated rings. The quantitative estimate of drug-likeness (QED) is 0.316. The van der Waals surface area contributed by atoms with Gasteiger partial charge in [-0.3, -0.25) is 5.01 Å². The lowest BCUT2D eigenvalue weighted by atomic mass is 10.2. The second kappa shape index (κ2) is 4.05. The van der Waals surface area contributed by atoms with E-state index in [9.17, 15) is 0 Å². The van der Waals surface area contributed by atoms with Crippen LogP contribution in [0.15, 0.2) is 30.3 Å². The number of hydrogen-bond donors (Lipinski definition) is 1. The van der Waals surface area contributed by atoms with Crippen LogP contribution in [0.3, 0.4) is 0 Å². The molecule has 2 N–H and O–H groups in total. The van der Waals surface area contributed by atoms with Crippen LogP contribution in [0, 0.1) is 0 Å². The van der Waals surface area contributed by atoms with E-state index in [2.05, 4.69) is 17.7 Å². The van der Waals surface area contributed by atoms with Crippen molar-refractivity contribution in [2.75, 3.05) is 0 Å². The van der Waals surface area contributed by atoms with Crippen molar-refractivity contribution in [3.63, 3.8) is 0 Å². The lowest BCUT2D eigenvalue weighted by molar-refractivity contribution is 0.455. The first-order valence-electron chi connectivity index (χ1n) is 3.27. The zero-order valence-corrected chi connectivity index (χ0v) is 6.84. The van der Waals surface area contributed by atoms with Gasteiger partial charge < -0.3 is 0 Å². The lowest BCUT2D eigenvalue weighted by Crippen LogP contribution is -2.27. The number of hydrogen-bond acceptors (Lipinski definition) is 2. The zero-order chi connectivity index (χ0) is 8.10. The molecule has 0 heterocycles. The van der Waals surface area contributed by atoms with Crippen LogP contribution in [0.25, 0.3) is 0 Å². The Bertz CT molecular complexity index is 223. The largest absolute Gasteiger partial charge is 0.294 e. The summed E-state index contributed by atoms with van der Waals surface area (Å²) in [5.41, 5.74) is 3.54. The molecule has 0 aromatic heterocycles. The fourth-order valence-corrected chi connectivity index (χ4v) is 0.877. The van der Waals surface area contributed by atoms with Crippen molar-refractivity contribution < 1.29 is 0 Å². The Morgan fingerprint density at radius 2 is 2.00 bits per heavy atom. The van der Waals surface area contributed by atoms with E-state index in [-0.39, 0.29) is 0 Å². The van der Waals surface area contributed by atoms with Gasteiger partial charge in [0.05, 0.1) is 6.54 Å². The topological polar surface area (TPSA) is 29.3 Å². The van der Waals surface area contributed by atoms with Crippen LogP contribution in [0.2, 0.25) is 0 Å². The normalized spacial score (nSPS) is 9.18. The Balaban J connectivity index is 2.57. The van der Waals surface area contributed by atoms with Crippen molar-refractivity contribution in [3.05, 3.63) is 35.9 Å². The van der Waals surface area contributed by atoms with E-state index in [4.69, 9.17) is 5.84 Å². The maximum Gasteiger partial charge on any atom is 0.152 e. The highest BCUT2D eigenvalue weighted by Gasteiger charge is 1.93. The Hall–Kier alpha value is -0.930. The highest BCUT2D eigenvalue weighted by Crippen LogP contribution is 1.99. The van der Waals surface area contributed by atoms with Crippen LogP contribution in [0.5, 0.6) is 0 Å².